The largest absolute Gasteiger partial charge is 0.546 e. The van der Waals surface area contributed by atoms with Crippen LogP contribution in [0.1, 0.15) is 58.2 Å². The number of fused-ring (bicyclic) bond motifs is 1. The monoisotopic (exact) mass is 375 g/mol. The fraction of sp³-hybridized carbons (Fsp3) is 0.619. The Morgan fingerprint density at radius 3 is 2.00 bits per heavy atom. The highest BCUT2D eigenvalue weighted by Gasteiger charge is 2.46. The predicted octanol–water partition coefficient (Wildman–Crippen LogP) is 6.28. The molecule has 140 valence electrons. The van der Waals surface area contributed by atoms with E-state index in [1.165, 1.54) is 16.9 Å². The van der Waals surface area contributed by atoms with Crippen molar-refractivity contribution in [1.82, 2.24) is 4.98 Å². The third-order valence-corrected chi connectivity index (χ3v) is 13.3. The lowest BCUT2D eigenvalue weighted by atomic mass is 10.1. The highest BCUT2D eigenvalue weighted by molar-refractivity contribution is 6.78. The van der Waals surface area contributed by atoms with Gasteiger partial charge in [-0.2, -0.15) is 0 Å². The van der Waals surface area contributed by atoms with Gasteiger partial charge in [0, 0.05) is 11.1 Å². The molecule has 0 fully saturated rings. The minimum Gasteiger partial charge on any atom is -0.546 e. The molecule has 25 heavy (non-hydrogen) atoms. The Morgan fingerprint density at radius 1 is 0.920 bits per heavy atom. The van der Waals surface area contributed by atoms with Crippen LogP contribution in [0.5, 0.6) is 0 Å². The Balaban J connectivity index is 2.45. The van der Waals surface area contributed by atoms with E-state index in [1.54, 1.807) is 0 Å². The van der Waals surface area contributed by atoms with E-state index < -0.39 is 16.6 Å². The lowest BCUT2D eigenvalue weighted by Gasteiger charge is -2.43. The third-order valence-electron chi connectivity index (χ3n) is 5.49. The predicted molar refractivity (Wildman–Crippen MR) is 116 cm³/mol. The van der Waals surface area contributed by atoms with Crippen molar-refractivity contribution in [2.24, 2.45) is 0 Å². The molecule has 1 aliphatic carbocycles. The minimum absolute atomic E-state index is 0.106. The molecule has 1 aromatic rings. The van der Waals surface area contributed by atoms with E-state index in [9.17, 15) is 0 Å². The van der Waals surface area contributed by atoms with Gasteiger partial charge in [-0.05, 0) is 56.1 Å². The highest BCUT2D eigenvalue weighted by atomic mass is 28.4. The molecule has 0 aromatic heterocycles. The maximum absolute atomic E-state index is 6.85. The summed E-state index contributed by atoms with van der Waals surface area (Å²) in [6, 6.07) is 8.81. The summed E-state index contributed by atoms with van der Waals surface area (Å²) in [5.74, 6) is 1.20. The van der Waals surface area contributed by atoms with E-state index >= 15 is 0 Å². The zero-order chi connectivity index (χ0) is 19.3. The van der Waals surface area contributed by atoms with Crippen molar-refractivity contribution in [3.05, 3.63) is 41.2 Å². The first-order valence-electron chi connectivity index (χ1n) is 9.43. The van der Waals surface area contributed by atoms with Gasteiger partial charge >= 0.3 is 0 Å². The van der Waals surface area contributed by atoms with Crippen molar-refractivity contribution in [1.29, 1.82) is 0 Å². The molecule has 0 bridgehead atoms. The summed E-state index contributed by atoms with van der Waals surface area (Å²) in [5.41, 5.74) is 3.24. The van der Waals surface area contributed by atoms with Crippen LogP contribution in [0.15, 0.2) is 30.0 Å². The molecule has 0 heterocycles. The van der Waals surface area contributed by atoms with E-state index in [1.807, 2.05) is 0 Å². The Morgan fingerprint density at radius 2 is 1.48 bits per heavy atom. The van der Waals surface area contributed by atoms with Crippen molar-refractivity contribution in [3.8, 4) is 0 Å². The summed E-state index contributed by atoms with van der Waals surface area (Å²) >= 11 is 0. The molecule has 0 radical (unpaired) electrons. The number of allylic oxidation sites excluding steroid dienone is 1. The standard InChI is InChI=1S/C21H37NOSi2/c1-20(2,3)22-24(7,8)19-17-14-12-11-13-16(17)15-18(19)23-25(9,10)21(4,5)6/h11-15,19,22H,1-10H3. The van der Waals surface area contributed by atoms with Gasteiger partial charge in [0.25, 0.3) is 0 Å². The summed E-state index contributed by atoms with van der Waals surface area (Å²) in [4.78, 5) is 3.97. The fourth-order valence-corrected chi connectivity index (χ4v) is 8.78. The molecule has 0 spiro atoms. The first-order chi connectivity index (χ1) is 11.1. The average molecular weight is 376 g/mol. The summed E-state index contributed by atoms with van der Waals surface area (Å²) in [6.07, 6.45) is 2.31. The van der Waals surface area contributed by atoms with Gasteiger partial charge in [0.2, 0.25) is 8.32 Å². The first kappa shape index (κ1) is 20.5. The highest BCUT2D eigenvalue weighted by Crippen LogP contribution is 2.46. The smallest absolute Gasteiger partial charge is 0.250 e. The molecule has 1 N–H and O–H groups in total. The molecule has 0 saturated carbocycles. The van der Waals surface area contributed by atoms with Gasteiger partial charge in [-0.1, -0.05) is 58.1 Å². The average Bonchev–Trinajstić information content (AvgIpc) is 2.71. The quantitative estimate of drug-likeness (QED) is 0.625. The van der Waals surface area contributed by atoms with Crippen LogP contribution < -0.4 is 4.98 Å². The van der Waals surface area contributed by atoms with Crippen LogP contribution in [0.3, 0.4) is 0 Å². The van der Waals surface area contributed by atoms with Crippen LogP contribution in [-0.4, -0.2) is 22.1 Å². The SMILES string of the molecule is CC(C)(C)N[Si](C)(C)C1C(O[Si](C)(C)C(C)(C)C)=Cc2ccccc21. The van der Waals surface area contributed by atoms with Crippen molar-refractivity contribution < 1.29 is 4.43 Å². The maximum Gasteiger partial charge on any atom is 0.250 e. The number of benzene rings is 1. The van der Waals surface area contributed by atoms with Crippen LogP contribution in [0, 0.1) is 0 Å². The molecule has 0 amide bonds. The fourth-order valence-electron chi connectivity index (χ4n) is 3.61. The molecule has 1 aliphatic rings. The number of hydrogen-bond acceptors (Lipinski definition) is 2. The van der Waals surface area contributed by atoms with E-state index in [4.69, 9.17) is 4.43 Å². The lowest BCUT2D eigenvalue weighted by molar-refractivity contribution is 0.372. The second kappa shape index (κ2) is 6.40. The Kier molecular flexibility index (Phi) is 5.24. The van der Waals surface area contributed by atoms with Gasteiger partial charge in [0.1, 0.15) is 8.24 Å². The topological polar surface area (TPSA) is 21.3 Å². The maximum atomic E-state index is 6.85. The summed E-state index contributed by atoms with van der Waals surface area (Å²) < 4.78 is 6.85. The van der Waals surface area contributed by atoms with Gasteiger partial charge < -0.3 is 9.41 Å². The van der Waals surface area contributed by atoms with Crippen molar-refractivity contribution in [3.63, 3.8) is 0 Å². The van der Waals surface area contributed by atoms with Gasteiger partial charge in [-0.15, -0.1) is 0 Å². The second-order valence-corrected chi connectivity index (χ2v) is 19.6. The Hall–Kier alpha value is -0.846. The van der Waals surface area contributed by atoms with Crippen LogP contribution in [0.25, 0.3) is 6.08 Å². The van der Waals surface area contributed by atoms with Gasteiger partial charge in [-0.3, -0.25) is 0 Å². The summed E-state index contributed by atoms with van der Waals surface area (Å²) in [7, 11) is -3.66. The summed E-state index contributed by atoms with van der Waals surface area (Å²) in [6.45, 7) is 23.3. The molecule has 2 nitrogen and oxygen atoms in total. The van der Waals surface area contributed by atoms with Gasteiger partial charge in [0.15, 0.2) is 0 Å². The molecule has 0 aliphatic heterocycles. The van der Waals surface area contributed by atoms with Crippen LogP contribution in [0.4, 0.5) is 0 Å². The number of hydrogen-bond donors (Lipinski definition) is 1. The van der Waals surface area contributed by atoms with Crippen molar-refractivity contribution in [2.45, 2.75) is 83.8 Å². The number of rotatable bonds is 4. The molecule has 1 atom stereocenters. The summed E-state index contributed by atoms with van der Waals surface area (Å²) in [5, 5.41) is 0.205. The van der Waals surface area contributed by atoms with Gasteiger partial charge in [0.05, 0.1) is 5.76 Å². The zero-order valence-electron chi connectivity index (χ0n) is 17.9. The minimum atomic E-state index is -1.86. The van der Waals surface area contributed by atoms with Crippen molar-refractivity contribution >= 4 is 22.6 Å². The van der Waals surface area contributed by atoms with E-state index in [-0.39, 0.29) is 10.6 Å². The van der Waals surface area contributed by atoms with E-state index in [0.29, 0.717) is 5.54 Å². The molecule has 2 rings (SSSR count). The lowest BCUT2D eigenvalue weighted by Crippen LogP contribution is -2.58. The first-order valence-corrected chi connectivity index (χ1v) is 15.4. The Labute approximate surface area is 157 Å². The molecule has 4 heteroatoms. The van der Waals surface area contributed by atoms with Crippen LogP contribution >= 0.6 is 0 Å². The molecular weight excluding hydrogens is 338 g/mol. The number of nitrogens with one attached hydrogen (secondary N) is 1. The Bertz CT molecular complexity index is 663. The third kappa shape index (κ3) is 4.47. The molecule has 0 saturated heterocycles. The second-order valence-electron chi connectivity index (χ2n) is 10.6. The van der Waals surface area contributed by atoms with Gasteiger partial charge in [-0.25, -0.2) is 0 Å². The molecule has 1 unspecified atom stereocenters. The normalized spacial score (nSPS) is 18.8. The molecule has 1 aromatic carbocycles. The molecular formula is C21H37NOSi2. The van der Waals surface area contributed by atoms with Crippen LogP contribution in [0.2, 0.25) is 31.2 Å². The van der Waals surface area contributed by atoms with Crippen molar-refractivity contribution in [2.75, 3.05) is 0 Å². The zero-order valence-corrected chi connectivity index (χ0v) is 19.9. The van der Waals surface area contributed by atoms with E-state index in [2.05, 4.69) is 103 Å². The van der Waals surface area contributed by atoms with Crippen LogP contribution in [-0.2, 0) is 4.43 Å². The van der Waals surface area contributed by atoms with E-state index in [0.717, 1.165) is 0 Å².